The van der Waals surface area contributed by atoms with Crippen molar-refractivity contribution < 1.29 is 9.47 Å². The van der Waals surface area contributed by atoms with E-state index in [9.17, 15) is 0 Å². The lowest BCUT2D eigenvalue weighted by molar-refractivity contribution is 0.220. The first kappa shape index (κ1) is 18.3. The summed E-state index contributed by atoms with van der Waals surface area (Å²) in [6.07, 6.45) is 1.72. The second kappa shape index (κ2) is 7.78. The van der Waals surface area contributed by atoms with E-state index < -0.39 is 0 Å². The zero-order valence-electron chi connectivity index (χ0n) is 15.8. The first-order chi connectivity index (χ1) is 12.5. The molecule has 26 heavy (non-hydrogen) atoms. The molecule has 2 heterocycles. The number of hydrogen-bond donors (Lipinski definition) is 2. The smallest absolute Gasteiger partial charge is 0.221 e. The van der Waals surface area contributed by atoms with Crippen LogP contribution in [-0.4, -0.2) is 55.8 Å². The fourth-order valence-corrected chi connectivity index (χ4v) is 3.46. The SMILES string of the molecule is CNc1nc(N)ncc1-c1ccc(OC)c(OC[C@H]2CN(C)C[C@@H]2C)c1. The number of nitrogen functional groups attached to an aromatic ring is 1. The first-order valence-electron chi connectivity index (χ1n) is 8.81. The van der Waals surface area contributed by atoms with Gasteiger partial charge in [0.05, 0.1) is 13.7 Å². The van der Waals surface area contributed by atoms with Gasteiger partial charge in [0.1, 0.15) is 5.82 Å². The van der Waals surface area contributed by atoms with Crippen molar-refractivity contribution in [3.8, 4) is 22.6 Å². The molecule has 2 aromatic rings. The van der Waals surface area contributed by atoms with Crippen molar-refractivity contribution in [1.29, 1.82) is 0 Å². The average molecular weight is 357 g/mol. The monoisotopic (exact) mass is 357 g/mol. The normalized spacial score (nSPS) is 20.2. The fourth-order valence-electron chi connectivity index (χ4n) is 3.46. The van der Waals surface area contributed by atoms with Crippen LogP contribution < -0.4 is 20.5 Å². The van der Waals surface area contributed by atoms with Crippen molar-refractivity contribution in [2.75, 3.05) is 52.0 Å². The van der Waals surface area contributed by atoms with Crippen molar-refractivity contribution in [3.05, 3.63) is 24.4 Å². The minimum absolute atomic E-state index is 0.238. The summed E-state index contributed by atoms with van der Waals surface area (Å²) < 4.78 is 11.6. The Morgan fingerprint density at radius 2 is 2.12 bits per heavy atom. The number of nitrogens with zero attached hydrogens (tertiary/aromatic N) is 3. The fraction of sp³-hybridized carbons (Fsp3) is 0.474. The Labute approximate surface area is 154 Å². The van der Waals surface area contributed by atoms with E-state index in [0.29, 0.717) is 24.3 Å². The molecule has 0 bridgehead atoms. The largest absolute Gasteiger partial charge is 0.493 e. The number of aromatic nitrogens is 2. The number of rotatable bonds is 6. The molecular weight excluding hydrogens is 330 g/mol. The molecule has 0 unspecified atom stereocenters. The molecule has 3 N–H and O–H groups in total. The maximum absolute atomic E-state index is 6.15. The van der Waals surface area contributed by atoms with Gasteiger partial charge in [-0.1, -0.05) is 13.0 Å². The number of benzene rings is 1. The Kier molecular flexibility index (Phi) is 5.46. The van der Waals surface area contributed by atoms with E-state index in [1.165, 1.54) is 0 Å². The van der Waals surface area contributed by atoms with Crippen molar-refractivity contribution in [1.82, 2.24) is 14.9 Å². The van der Waals surface area contributed by atoms with Crippen LogP contribution in [0.4, 0.5) is 11.8 Å². The average Bonchev–Trinajstić information content (AvgIpc) is 2.96. The minimum atomic E-state index is 0.238. The third-order valence-corrected chi connectivity index (χ3v) is 4.92. The maximum Gasteiger partial charge on any atom is 0.221 e. The number of methoxy groups -OCH3 is 1. The Hall–Kier alpha value is -2.54. The van der Waals surface area contributed by atoms with Crippen LogP contribution in [0.25, 0.3) is 11.1 Å². The van der Waals surface area contributed by atoms with Crippen LogP contribution in [0.2, 0.25) is 0 Å². The van der Waals surface area contributed by atoms with E-state index >= 15 is 0 Å². The summed E-state index contributed by atoms with van der Waals surface area (Å²) in [7, 11) is 5.61. The second-order valence-electron chi connectivity index (χ2n) is 6.88. The van der Waals surface area contributed by atoms with E-state index in [1.54, 1.807) is 13.3 Å². The zero-order valence-corrected chi connectivity index (χ0v) is 15.8. The molecule has 0 amide bonds. The lowest BCUT2D eigenvalue weighted by Gasteiger charge is -2.18. The lowest BCUT2D eigenvalue weighted by Crippen LogP contribution is -2.19. The molecule has 7 nitrogen and oxygen atoms in total. The molecule has 0 spiro atoms. The number of ether oxygens (including phenoxy) is 2. The Morgan fingerprint density at radius 1 is 1.31 bits per heavy atom. The van der Waals surface area contributed by atoms with Gasteiger partial charge in [0, 0.05) is 37.8 Å². The molecular formula is C19H27N5O2. The molecule has 1 aromatic heterocycles. The van der Waals surface area contributed by atoms with E-state index in [1.807, 2.05) is 25.2 Å². The number of nitrogens with two attached hydrogens (primary N) is 1. The van der Waals surface area contributed by atoms with Gasteiger partial charge in [0.15, 0.2) is 11.5 Å². The van der Waals surface area contributed by atoms with Crippen LogP contribution in [0.15, 0.2) is 24.4 Å². The molecule has 1 saturated heterocycles. The highest BCUT2D eigenvalue weighted by molar-refractivity contribution is 5.76. The van der Waals surface area contributed by atoms with E-state index in [0.717, 1.165) is 35.7 Å². The Bertz CT molecular complexity index is 768. The molecule has 1 aromatic carbocycles. The Balaban J connectivity index is 1.85. The van der Waals surface area contributed by atoms with Crippen molar-refractivity contribution in [2.45, 2.75) is 6.92 Å². The molecule has 3 rings (SSSR count). The van der Waals surface area contributed by atoms with Gasteiger partial charge >= 0.3 is 0 Å². The van der Waals surface area contributed by atoms with Gasteiger partial charge in [-0.3, -0.25) is 0 Å². The standard InChI is InChI=1S/C19H27N5O2/c1-12-9-24(3)10-14(12)11-26-17-7-13(5-6-16(17)25-4)15-8-22-19(20)23-18(15)21-2/h5-8,12,14H,9-11H2,1-4H3,(H3,20,21,22,23)/t12-,14+/m0/s1. The lowest BCUT2D eigenvalue weighted by atomic mass is 9.99. The van der Waals surface area contributed by atoms with E-state index in [2.05, 4.69) is 34.2 Å². The number of likely N-dealkylation sites (tertiary alicyclic amines) is 1. The van der Waals surface area contributed by atoms with Crippen LogP contribution in [0.5, 0.6) is 11.5 Å². The quantitative estimate of drug-likeness (QED) is 0.821. The van der Waals surface area contributed by atoms with Crippen molar-refractivity contribution in [3.63, 3.8) is 0 Å². The molecule has 2 atom stereocenters. The third-order valence-electron chi connectivity index (χ3n) is 4.92. The predicted octanol–water partition coefficient (Wildman–Crippen LogP) is 2.35. The van der Waals surface area contributed by atoms with Gasteiger partial charge in [-0.05, 0) is 30.7 Å². The molecule has 0 aliphatic carbocycles. The zero-order chi connectivity index (χ0) is 18.7. The van der Waals surface area contributed by atoms with E-state index in [-0.39, 0.29) is 5.95 Å². The summed E-state index contributed by atoms with van der Waals surface area (Å²) in [4.78, 5) is 10.7. The van der Waals surface area contributed by atoms with Crippen LogP contribution >= 0.6 is 0 Å². The van der Waals surface area contributed by atoms with Gasteiger partial charge in [-0.25, -0.2) is 4.98 Å². The second-order valence-corrected chi connectivity index (χ2v) is 6.88. The Morgan fingerprint density at radius 3 is 2.77 bits per heavy atom. The summed E-state index contributed by atoms with van der Waals surface area (Å²) in [5.74, 6) is 3.50. The number of nitrogens with one attached hydrogen (secondary N) is 1. The molecule has 0 radical (unpaired) electrons. The van der Waals surface area contributed by atoms with Gasteiger partial charge in [0.25, 0.3) is 0 Å². The van der Waals surface area contributed by atoms with Crippen LogP contribution in [0.1, 0.15) is 6.92 Å². The molecule has 1 aliphatic heterocycles. The van der Waals surface area contributed by atoms with Gasteiger partial charge in [-0.2, -0.15) is 4.98 Å². The summed E-state index contributed by atoms with van der Waals surface area (Å²) in [5, 5.41) is 3.06. The maximum atomic E-state index is 6.15. The number of anilines is 2. The molecule has 7 heteroatoms. The topological polar surface area (TPSA) is 85.5 Å². The predicted molar refractivity (Wildman–Crippen MR) is 104 cm³/mol. The van der Waals surface area contributed by atoms with Crippen LogP contribution in [-0.2, 0) is 0 Å². The summed E-state index contributed by atoms with van der Waals surface area (Å²) in [6, 6.07) is 5.84. The van der Waals surface area contributed by atoms with Gasteiger partial charge < -0.3 is 25.4 Å². The molecule has 1 aliphatic rings. The molecule has 1 fully saturated rings. The van der Waals surface area contributed by atoms with Crippen molar-refractivity contribution in [2.24, 2.45) is 11.8 Å². The number of hydrogen-bond acceptors (Lipinski definition) is 7. The van der Waals surface area contributed by atoms with Crippen LogP contribution in [0, 0.1) is 11.8 Å². The molecule has 0 saturated carbocycles. The summed E-state index contributed by atoms with van der Waals surface area (Å²) >= 11 is 0. The third kappa shape index (κ3) is 3.83. The summed E-state index contributed by atoms with van der Waals surface area (Å²) in [6.45, 7) is 5.11. The highest BCUT2D eigenvalue weighted by atomic mass is 16.5. The minimum Gasteiger partial charge on any atom is -0.493 e. The van der Waals surface area contributed by atoms with Gasteiger partial charge in [0.2, 0.25) is 5.95 Å². The van der Waals surface area contributed by atoms with E-state index in [4.69, 9.17) is 15.2 Å². The highest BCUT2D eigenvalue weighted by Gasteiger charge is 2.28. The first-order valence-corrected chi connectivity index (χ1v) is 8.81. The molecule has 140 valence electrons. The van der Waals surface area contributed by atoms with Crippen molar-refractivity contribution >= 4 is 11.8 Å². The van der Waals surface area contributed by atoms with Crippen LogP contribution in [0.3, 0.4) is 0 Å². The summed E-state index contributed by atoms with van der Waals surface area (Å²) in [5.41, 5.74) is 7.50. The highest BCUT2D eigenvalue weighted by Crippen LogP contribution is 2.35. The van der Waals surface area contributed by atoms with Gasteiger partial charge in [-0.15, -0.1) is 0 Å².